The second-order valence-electron chi connectivity index (χ2n) is 9.86. The third kappa shape index (κ3) is 5.10. The number of hydrogen-bond acceptors (Lipinski definition) is 8. The van der Waals surface area contributed by atoms with Crippen molar-refractivity contribution in [1.29, 1.82) is 0 Å². The van der Waals surface area contributed by atoms with Crippen LogP contribution in [0.2, 0.25) is 0 Å². The molecule has 1 aromatic carbocycles. The SMILES string of the molecule is CCC(=O)Nc1cncc(-c2ccc3[nH]nc(-c4cc5c(-c6cc(F)cc(C(N)S(C)(=O)=O)c6)ccnc5[nH]4)c3n2)c1. The van der Waals surface area contributed by atoms with E-state index in [2.05, 4.69) is 30.5 Å². The molecule has 42 heavy (non-hydrogen) atoms. The van der Waals surface area contributed by atoms with Crippen molar-refractivity contribution in [1.82, 2.24) is 30.1 Å². The van der Waals surface area contributed by atoms with Crippen LogP contribution in [0.3, 0.4) is 0 Å². The normalized spacial score (nSPS) is 12.6. The number of fused-ring (bicyclic) bond motifs is 2. The first-order chi connectivity index (χ1) is 20.1. The fourth-order valence-corrected chi connectivity index (χ4v) is 5.36. The maximum atomic E-state index is 14.6. The average molecular weight is 585 g/mol. The number of carbonyl (C=O) groups is 1. The molecule has 0 saturated carbocycles. The van der Waals surface area contributed by atoms with E-state index in [4.69, 9.17) is 10.7 Å². The van der Waals surface area contributed by atoms with Crippen molar-refractivity contribution < 1.29 is 17.6 Å². The van der Waals surface area contributed by atoms with Gasteiger partial charge in [-0.1, -0.05) is 6.92 Å². The smallest absolute Gasteiger partial charge is 0.224 e. The molecule has 0 fully saturated rings. The number of amides is 1. The number of carbonyl (C=O) groups excluding carboxylic acids is 1. The van der Waals surface area contributed by atoms with Crippen LogP contribution in [0.5, 0.6) is 0 Å². The van der Waals surface area contributed by atoms with Crippen LogP contribution in [-0.2, 0) is 14.6 Å². The molecule has 5 N–H and O–H groups in total. The number of hydrogen-bond donors (Lipinski definition) is 4. The van der Waals surface area contributed by atoms with Gasteiger partial charge < -0.3 is 16.0 Å². The van der Waals surface area contributed by atoms with Gasteiger partial charge in [0.05, 0.1) is 28.8 Å². The summed E-state index contributed by atoms with van der Waals surface area (Å²) in [6.45, 7) is 1.77. The number of rotatable bonds is 7. The van der Waals surface area contributed by atoms with E-state index in [1.165, 1.54) is 6.07 Å². The number of benzene rings is 1. The summed E-state index contributed by atoms with van der Waals surface area (Å²) >= 11 is 0. The van der Waals surface area contributed by atoms with E-state index in [1.54, 1.807) is 43.7 Å². The van der Waals surface area contributed by atoms with Gasteiger partial charge in [0.15, 0.2) is 9.84 Å². The van der Waals surface area contributed by atoms with Gasteiger partial charge in [-0.15, -0.1) is 0 Å². The van der Waals surface area contributed by atoms with Crippen LogP contribution in [-0.4, -0.2) is 50.7 Å². The van der Waals surface area contributed by atoms with Crippen molar-refractivity contribution in [2.75, 3.05) is 11.6 Å². The number of nitrogens with zero attached hydrogens (tertiary/aromatic N) is 4. The molecule has 13 heteroatoms. The van der Waals surface area contributed by atoms with E-state index in [9.17, 15) is 17.6 Å². The zero-order valence-electron chi connectivity index (χ0n) is 22.5. The van der Waals surface area contributed by atoms with E-state index in [-0.39, 0.29) is 11.5 Å². The molecule has 0 aliphatic carbocycles. The monoisotopic (exact) mass is 584 g/mol. The van der Waals surface area contributed by atoms with Gasteiger partial charge >= 0.3 is 0 Å². The number of sulfone groups is 1. The molecular weight excluding hydrogens is 559 g/mol. The molecular formula is C29H25FN8O3S. The lowest BCUT2D eigenvalue weighted by atomic mass is 10.0. The Morgan fingerprint density at radius 2 is 1.93 bits per heavy atom. The Bertz CT molecular complexity index is 2110. The molecule has 11 nitrogen and oxygen atoms in total. The number of aromatic amines is 2. The van der Waals surface area contributed by atoms with Crippen LogP contribution >= 0.6 is 0 Å². The lowest BCUT2D eigenvalue weighted by molar-refractivity contribution is -0.115. The largest absolute Gasteiger partial charge is 0.338 e. The molecule has 5 heterocycles. The Morgan fingerprint density at radius 1 is 1.10 bits per heavy atom. The van der Waals surface area contributed by atoms with Crippen molar-refractivity contribution in [3.63, 3.8) is 0 Å². The van der Waals surface area contributed by atoms with Crippen LogP contribution in [0.15, 0.2) is 67.1 Å². The molecule has 1 atom stereocenters. The maximum absolute atomic E-state index is 14.6. The Kier molecular flexibility index (Phi) is 6.75. The zero-order valence-corrected chi connectivity index (χ0v) is 23.3. The molecule has 6 aromatic rings. The summed E-state index contributed by atoms with van der Waals surface area (Å²) in [6, 6.07) is 13.1. The van der Waals surface area contributed by atoms with Crippen LogP contribution in [0.25, 0.3) is 55.8 Å². The summed E-state index contributed by atoms with van der Waals surface area (Å²) in [5.41, 5.74) is 12.0. The highest BCUT2D eigenvalue weighted by molar-refractivity contribution is 7.90. The second-order valence-corrected chi connectivity index (χ2v) is 12.0. The number of pyridine rings is 3. The molecule has 6 rings (SSSR count). The van der Waals surface area contributed by atoms with E-state index in [1.807, 2.05) is 18.2 Å². The number of nitrogens with one attached hydrogen (secondary N) is 3. The van der Waals surface area contributed by atoms with Crippen LogP contribution in [0, 0.1) is 5.82 Å². The van der Waals surface area contributed by atoms with E-state index in [0.717, 1.165) is 12.3 Å². The molecule has 0 radical (unpaired) electrons. The number of nitrogens with two attached hydrogens (primary N) is 1. The molecule has 0 aliphatic heterocycles. The first-order valence-electron chi connectivity index (χ1n) is 12.9. The van der Waals surface area contributed by atoms with E-state index >= 15 is 0 Å². The minimum Gasteiger partial charge on any atom is -0.338 e. The summed E-state index contributed by atoms with van der Waals surface area (Å²) in [4.78, 5) is 28.6. The number of aromatic nitrogens is 6. The fraction of sp³-hybridized carbons (Fsp3) is 0.138. The van der Waals surface area contributed by atoms with Crippen molar-refractivity contribution in [2.45, 2.75) is 18.7 Å². The molecule has 1 amide bonds. The quantitative estimate of drug-likeness (QED) is 0.209. The summed E-state index contributed by atoms with van der Waals surface area (Å²) in [7, 11) is -3.64. The summed E-state index contributed by atoms with van der Waals surface area (Å²) in [6.07, 6.45) is 6.18. The van der Waals surface area contributed by atoms with Gasteiger partial charge in [-0.2, -0.15) is 5.10 Å². The first kappa shape index (κ1) is 27.2. The lowest BCUT2D eigenvalue weighted by Crippen LogP contribution is -2.20. The summed E-state index contributed by atoms with van der Waals surface area (Å²) < 4.78 is 38.7. The van der Waals surface area contributed by atoms with E-state index < -0.39 is 21.0 Å². The van der Waals surface area contributed by atoms with Crippen molar-refractivity contribution in [2.24, 2.45) is 5.73 Å². The lowest BCUT2D eigenvalue weighted by Gasteiger charge is -2.12. The van der Waals surface area contributed by atoms with Crippen LogP contribution < -0.4 is 11.1 Å². The zero-order chi connectivity index (χ0) is 29.6. The topological polar surface area (TPSA) is 172 Å². The molecule has 212 valence electrons. The van der Waals surface area contributed by atoms with Gasteiger partial charge in [-0.25, -0.2) is 22.8 Å². The van der Waals surface area contributed by atoms with Gasteiger partial charge in [0.1, 0.15) is 28.0 Å². The average Bonchev–Trinajstić information content (AvgIpc) is 3.59. The van der Waals surface area contributed by atoms with Crippen molar-refractivity contribution in [3.8, 4) is 33.8 Å². The predicted molar refractivity (Wildman–Crippen MR) is 158 cm³/mol. The minimum atomic E-state index is -3.64. The predicted octanol–water partition coefficient (Wildman–Crippen LogP) is 4.72. The summed E-state index contributed by atoms with van der Waals surface area (Å²) in [5.74, 6) is -0.723. The van der Waals surface area contributed by atoms with Gasteiger partial charge in [0, 0.05) is 36.0 Å². The highest BCUT2D eigenvalue weighted by atomic mass is 32.2. The standard InChI is InChI=1S/C29H25FN8O3S/c1-3-25(39)34-19-11-17(13-32-14-19)22-4-5-23-26(35-22)27(38-37-23)24-12-21-20(6-7-33-29(21)36-24)15-8-16(10-18(30)9-15)28(31)42(2,40)41/h4-14,28H,3,31H2,1-2H3,(H,33,36)(H,34,39)(H,37,38). The van der Waals surface area contributed by atoms with Crippen molar-refractivity contribution in [3.05, 3.63) is 78.5 Å². The van der Waals surface area contributed by atoms with Gasteiger partial charge in [0.2, 0.25) is 5.91 Å². The Labute approximate surface area is 239 Å². The van der Waals surface area contributed by atoms with Crippen molar-refractivity contribution >= 4 is 43.5 Å². The maximum Gasteiger partial charge on any atom is 0.224 e. The Hall–Kier alpha value is -5.01. The van der Waals surface area contributed by atoms with Gasteiger partial charge in [-0.3, -0.25) is 14.9 Å². The highest BCUT2D eigenvalue weighted by Crippen LogP contribution is 2.35. The van der Waals surface area contributed by atoms with Crippen LogP contribution in [0.1, 0.15) is 24.3 Å². The molecule has 0 aliphatic rings. The number of halogens is 1. The molecule has 0 saturated heterocycles. The summed E-state index contributed by atoms with van der Waals surface area (Å²) in [5, 5.41) is 9.60. The third-order valence-electron chi connectivity index (χ3n) is 6.85. The minimum absolute atomic E-state index is 0.117. The first-order valence-corrected chi connectivity index (χ1v) is 14.9. The van der Waals surface area contributed by atoms with Gasteiger partial charge in [-0.05, 0) is 65.2 Å². The fourth-order valence-electron chi connectivity index (χ4n) is 4.73. The highest BCUT2D eigenvalue weighted by Gasteiger charge is 2.21. The van der Waals surface area contributed by atoms with Gasteiger partial charge in [0.25, 0.3) is 0 Å². The number of anilines is 1. The molecule has 0 bridgehead atoms. The molecule has 1 unspecified atom stereocenters. The Morgan fingerprint density at radius 3 is 2.71 bits per heavy atom. The second kappa shape index (κ2) is 10.4. The van der Waals surface area contributed by atoms with E-state index in [0.29, 0.717) is 67.9 Å². The Balaban J connectivity index is 1.42. The molecule has 0 spiro atoms. The number of H-pyrrole nitrogens is 2. The molecule has 5 aromatic heterocycles. The van der Waals surface area contributed by atoms with Crippen LogP contribution in [0.4, 0.5) is 10.1 Å². The third-order valence-corrected chi connectivity index (χ3v) is 8.05.